The third-order valence-electron chi connectivity index (χ3n) is 6.57. The minimum atomic E-state index is -3.66. The second-order valence-electron chi connectivity index (χ2n) is 8.53. The van der Waals surface area contributed by atoms with Crippen LogP contribution in [0.15, 0.2) is 53.4 Å². The van der Waals surface area contributed by atoms with Gasteiger partial charge in [0.2, 0.25) is 10.0 Å². The van der Waals surface area contributed by atoms with E-state index in [0.717, 1.165) is 25.7 Å². The SMILES string of the molecule is Cc1ccc(C(=O)NCC2(c3ccccc3)CCCC2)cc1S(=O)(=O)N1CCOCC1. The molecular weight excluding hydrogens is 412 g/mol. The van der Waals surface area contributed by atoms with E-state index in [1.54, 1.807) is 19.1 Å². The number of nitrogens with one attached hydrogen (secondary N) is 1. The second kappa shape index (κ2) is 9.10. The van der Waals surface area contributed by atoms with Crippen molar-refractivity contribution in [3.8, 4) is 0 Å². The van der Waals surface area contributed by atoms with Crippen molar-refractivity contribution in [1.29, 1.82) is 0 Å². The van der Waals surface area contributed by atoms with E-state index in [4.69, 9.17) is 4.74 Å². The molecule has 2 fully saturated rings. The van der Waals surface area contributed by atoms with Crippen molar-refractivity contribution in [2.45, 2.75) is 42.9 Å². The summed E-state index contributed by atoms with van der Waals surface area (Å²) in [5.74, 6) is -0.236. The summed E-state index contributed by atoms with van der Waals surface area (Å²) in [6, 6.07) is 15.3. The van der Waals surface area contributed by atoms with E-state index in [0.29, 0.717) is 44.0 Å². The monoisotopic (exact) mass is 442 g/mol. The molecule has 166 valence electrons. The smallest absolute Gasteiger partial charge is 0.251 e. The number of ether oxygens (including phenoxy) is 1. The molecule has 0 aromatic heterocycles. The molecule has 0 bridgehead atoms. The molecule has 2 aliphatic rings. The first kappa shape index (κ1) is 22.0. The van der Waals surface area contributed by atoms with Crippen LogP contribution in [0.4, 0.5) is 0 Å². The van der Waals surface area contributed by atoms with Gasteiger partial charge in [0.15, 0.2) is 0 Å². The highest BCUT2D eigenvalue weighted by Crippen LogP contribution is 2.40. The Morgan fingerprint density at radius 2 is 1.74 bits per heavy atom. The van der Waals surface area contributed by atoms with Crippen LogP contribution in [-0.4, -0.2) is 51.5 Å². The lowest BCUT2D eigenvalue weighted by Crippen LogP contribution is -2.41. The molecule has 7 heteroatoms. The van der Waals surface area contributed by atoms with Crippen molar-refractivity contribution in [3.63, 3.8) is 0 Å². The van der Waals surface area contributed by atoms with Crippen molar-refractivity contribution in [2.24, 2.45) is 0 Å². The molecule has 1 amide bonds. The third kappa shape index (κ3) is 4.54. The largest absolute Gasteiger partial charge is 0.379 e. The van der Waals surface area contributed by atoms with Crippen molar-refractivity contribution >= 4 is 15.9 Å². The zero-order valence-corrected chi connectivity index (χ0v) is 18.8. The van der Waals surface area contributed by atoms with Crippen LogP contribution in [0.3, 0.4) is 0 Å². The molecule has 2 aromatic carbocycles. The third-order valence-corrected chi connectivity index (χ3v) is 8.61. The first-order valence-corrected chi connectivity index (χ1v) is 12.4. The van der Waals surface area contributed by atoms with Gasteiger partial charge in [0.1, 0.15) is 0 Å². The molecule has 0 atom stereocenters. The fourth-order valence-electron chi connectivity index (χ4n) is 4.71. The molecule has 1 saturated carbocycles. The number of hydrogen-bond donors (Lipinski definition) is 1. The number of nitrogens with zero attached hydrogens (tertiary/aromatic N) is 1. The number of carbonyl (C=O) groups is 1. The van der Waals surface area contributed by atoms with Crippen LogP contribution in [0.1, 0.15) is 47.2 Å². The number of morpholine rings is 1. The van der Waals surface area contributed by atoms with Gasteiger partial charge in [-0.15, -0.1) is 0 Å². The van der Waals surface area contributed by atoms with Crippen molar-refractivity contribution in [3.05, 3.63) is 65.2 Å². The highest BCUT2D eigenvalue weighted by Gasteiger charge is 2.36. The van der Waals surface area contributed by atoms with E-state index in [9.17, 15) is 13.2 Å². The lowest BCUT2D eigenvalue weighted by Gasteiger charge is -2.30. The van der Waals surface area contributed by atoms with E-state index in [-0.39, 0.29) is 16.2 Å². The summed E-state index contributed by atoms with van der Waals surface area (Å²) in [7, 11) is -3.66. The first-order valence-electron chi connectivity index (χ1n) is 10.9. The second-order valence-corrected chi connectivity index (χ2v) is 10.4. The summed E-state index contributed by atoms with van der Waals surface area (Å²) in [5, 5.41) is 3.09. The van der Waals surface area contributed by atoms with E-state index in [1.807, 2.05) is 18.2 Å². The Morgan fingerprint density at radius 1 is 1.06 bits per heavy atom. The van der Waals surface area contributed by atoms with Gasteiger partial charge in [-0.2, -0.15) is 4.31 Å². The number of amides is 1. The fraction of sp³-hybridized carbons (Fsp3) is 0.458. The minimum absolute atomic E-state index is 0.0513. The predicted octanol–water partition coefficient (Wildman–Crippen LogP) is 3.26. The van der Waals surface area contributed by atoms with Gasteiger partial charge in [-0.05, 0) is 43.0 Å². The lowest BCUT2D eigenvalue weighted by atomic mass is 9.79. The van der Waals surface area contributed by atoms with Gasteiger partial charge in [0.25, 0.3) is 5.91 Å². The molecular formula is C24H30N2O4S. The number of rotatable bonds is 6. The van der Waals surface area contributed by atoms with Gasteiger partial charge in [0, 0.05) is 30.6 Å². The first-order chi connectivity index (χ1) is 14.9. The molecule has 0 unspecified atom stereocenters. The Labute approximate surface area is 184 Å². The average molecular weight is 443 g/mol. The Hall–Kier alpha value is -2.22. The maximum Gasteiger partial charge on any atom is 0.251 e. The Morgan fingerprint density at radius 3 is 2.42 bits per heavy atom. The van der Waals surface area contributed by atoms with Gasteiger partial charge < -0.3 is 10.1 Å². The number of sulfonamides is 1. The van der Waals surface area contributed by atoms with Gasteiger partial charge in [-0.25, -0.2) is 8.42 Å². The molecule has 4 rings (SSSR count). The highest BCUT2D eigenvalue weighted by atomic mass is 32.2. The van der Waals surface area contributed by atoms with E-state index < -0.39 is 10.0 Å². The molecule has 31 heavy (non-hydrogen) atoms. The van der Waals surface area contributed by atoms with Crippen molar-refractivity contribution < 1.29 is 17.9 Å². The molecule has 1 heterocycles. The molecule has 6 nitrogen and oxygen atoms in total. The molecule has 2 aromatic rings. The summed E-state index contributed by atoms with van der Waals surface area (Å²) in [6.07, 6.45) is 4.39. The summed E-state index contributed by atoms with van der Waals surface area (Å²) >= 11 is 0. The van der Waals surface area contributed by atoms with E-state index in [2.05, 4.69) is 17.4 Å². The Balaban J connectivity index is 1.53. The molecule has 1 N–H and O–H groups in total. The number of hydrogen-bond acceptors (Lipinski definition) is 4. The van der Waals surface area contributed by atoms with Crippen LogP contribution < -0.4 is 5.32 Å². The standard InChI is InChI=1S/C24H30N2O4S/c1-19-9-10-20(17-22(19)31(28,29)26-13-15-30-16-14-26)23(27)25-18-24(11-5-6-12-24)21-7-3-2-4-8-21/h2-4,7-10,17H,5-6,11-16,18H2,1H3,(H,25,27). The van der Waals surface area contributed by atoms with Gasteiger partial charge in [0.05, 0.1) is 18.1 Å². The number of aryl methyl sites for hydroxylation is 1. The molecule has 1 aliphatic carbocycles. The maximum absolute atomic E-state index is 13.1. The van der Waals surface area contributed by atoms with Crippen LogP contribution >= 0.6 is 0 Å². The van der Waals surface area contributed by atoms with E-state index in [1.165, 1.54) is 15.9 Å². The van der Waals surface area contributed by atoms with Gasteiger partial charge in [-0.1, -0.05) is 49.2 Å². The predicted molar refractivity (Wildman–Crippen MR) is 120 cm³/mol. The Kier molecular flexibility index (Phi) is 6.46. The molecule has 0 spiro atoms. The number of carbonyl (C=O) groups excluding carboxylic acids is 1. The summed E-state index contributed by atoms with van der Waals surface area (Å²) in [4.78, 5) is 13.2. The zero-order chi connectivity index (χ0) is 21.9. The Bertz CT molecular complexity index is 1020. The molecule has 0 radical (unpaired) electrons. The molecule has 1 saturated heterocycles. The highest BCUT2D eigenvalue weighted by molar-refractivity contribution is 7.89. The van der Waals surface area contributed by atoms with Crippen LogP contribution in [-0.2, 0) is 20.2 Å². The van der Waals surface area contributed by atoms with Gasteiger partial charge >= 0.3 is 0 Å². The quantitative estimate of drug-likeness (QED) is 0.745. The van der Waals surface area contributed by atoms with Crippen LogP contribution in [0.5, 0.6) is 0 Å². The van der Waals surface area contributed by atoms with Crippen molar-refractivity contribution in [2.75, 3.05) is 32.8 Å². The topological polar surface area (TPSA) is 75.7 Å². The zero-order valence-electron chi connectivity index (χ0n) is 18.0. The minimum Gasteiger partial charge on any atom is -0.379 e. The number of benzene rings is 2. The van der Waals surface area contributed by atoms with Crippen LogP contribution in [0.25, 0.3) is 0 Å². The summed E-state index contributed by atoms with van der Waals surface area (Å²) < 4.78 is 33.0. The normalized spacial score (nSPS) is 19.3. The van der Waals surface area contributed by atoms with Crippen molar-refractivity contribution in [1.82, 2.24) is 9.62 Å². The fourth-order valence-corrected chi connectivity index (χ4v) is 6.37. The summed E-state index contributed by atoms with van der Waals surface area (Å²) in [5.41, 5.74) is 2.22. The molecule has 1 aliphatic heterocycles. The van der Waals surface area contributed by atoms with E-state index >= 15 is 0 Å². The lowest BCUT2D eigenvalue weighted by molar-refractivity contribution is 0.0730. The van der Waals surface area contributed by atoms with Crippen LogP contribution in [0, 0.1) is 6.92 Å². The summed E-state index contributed by atoms with van der Waals surface area (Å²) in [6.45, 7) is 3.75. The van der Waals surface area contributed by atoms with Gasteiger partial charge in [-0.3, -0.25) is 4.79 Å². The average Bonchev–Trinajstić information content (AvgIpc) is 3.29. The maximum atomic E-state index is 13.1. The van der Waals surface area contributed by atoms with Crippen LogP contribution in [0.2, 0.25) is 0 Å².